The summed E-state index contributed by atoms with van der Waals surface area (Å²) in [6, 6.07) is 33.3. The Bertz CT molecular complexity index is 1430. The molecule has 44 heavy (non-hydrogen) atoms. The number of unbranched alkanes of at least 4 members (excludes halogenated alkanes) is 6. The zero-order valence-corrected chi connectivity index (χ0v) is 26.4. The van der Waals surface area contributed by atoms with E-state index < -0.39 is 0 Å². The predicted molar refractivity (Wildman–Crippen MR) is 184 cm³/mol. The van der Waals surface area contributed by atoms with Gasteiger partial charge in [0.2, 0.25) is 0 Å². The van der Waals surface area contributed by atoms with Crippen LogP contribution in [0.15, 0.2) is 97.1 Å². The van der Waals surface area contributed by atoms with Crippen LogP contribution in [-0.4, -0.2) is 55.2 Å². The maximum absolute atomic E-state index is 12.7. The van der Waals surface area contributed by atoms with Gasteiger partial charge in [-0.15, -0.1) is 0 Å². The first-order chi connectivity index (χ1) is 21.7. The number of piperidine rings is 1. The molecule has 0 saturated carbocycles. The number of nitrogens with one attached hydrogen (secondary N) is 1. The predicted octanol–water partition coefficient (Wildman–Crippen LogP) is 9.38. The number of para-hydroxylation sites is 1. The summed E-state index contributed by atoms with van der Waals surface area (Å²) in [5.74, 6) is 0. The van der Waals surface area contributed by atoms with Gasteiger partial charge in [0.1, 0.15) is 6.10 Å². The molecule has 1 aliphatic heterocycles. The molecule has 1 aliphatic rings. The fourth-order valence-corrected chi connectivity index (χ4v) is 6.40. The molecule has 0 aromatic heterocycles. The third-order valence-corrected chi connectivity index (χ3v) is 8.89. The van der Waals surface area contributed by atoms with E-state index in [4.69, 9.17) is 4.74 Å². The minimum absolute atomic E-state index is 0.0128. The van der Waals surface area contributed by atoms with Crippen LogP contribution in [0.25, 0.3) is 21.9 Å². The van der Waals surface area contributed by atoms with Crippen molar-refractivity contribution in [3.8, 4) is 11.1 Å². The van der Waals surface area contributed by atoms with E-state index in [2.05, 4.69) is 76.8 Å². The number of hydrogen-bond acceptors (Lipinski definition) is 4. The minimum Gasteiger partial charge on any atom is -0.446 e. The molecule has 0 atom stereocenters. The van der Waals surface area contributed by atoms with Gasteiger partial charge in [-0.2, -0.15) is 0 Å². The zero-order chi connectivity index (χ0) is 30.4. The number of hydrogen-bond donors (Lipinski definition) is 1. The largest absolute Gasteiger partial charge is 0.446 e. The maximum Gasteiger partial charge on any atom is 0.411 e. The first kappa shape index (κ1) is 31.7. The molecule has 1 fully saturated rings. The number of nitrogens with zero attached hydrogens (tertiary/aromatic N) is 2. The Balaban J connectivity index is 0.885. The van der Waals surface area contributed by atoms with E-state index in [9.17, 15) is 4.79 Å². The van der Waals surface area contributed by atoms with Crippen LogP contribution in [0, 0.1) is 0 Å². The Morgan fingerprint density at radius 1 is 0.773 bits per heavy atom. The minimum atomic E-state index is -0.358. The van der Waals surface area contributed by atoms with Gasteiger partial charge in [-0.25, -0.2) is 4.79 Å². The highest BCUT2D eigenvalue weighted by Crippen LogP contribution is 2.28. The van der Waals surface area contributed by atoms with E-state index in [-0.39, 0.29) is 12.2 Å². The van der Waals surface area contributed by atoms with Gasteiger partial charge >= 0.3 is 6.09 Å². The van der Waals surface area contributed by atoms with Gasteiger partial charge in [-0.1, -0.05) is 123 Å². The van der Waals surface area contributed by atoms with E-state index in [1.807, 2.05) is 42.5 Å². The zero-order valence-electron chi connectivity index (χ0n) is 26.4. The van der Waals surface area contributed by atoms with Crippen LogP contribution in [0.2, 0.25) is 0 Å². The van der Waals surface area contributed by atoms with E-state index >= 15 is 0 Å². The molecule has 0 aliphatic carbocycles. The topological polar surface area (TPSA) is 44.8 Å². The smallest absolute Gasteiger partial charge is 0.411 e. The number of ether oxygens (including phenoxy) is 1. The fraction of sp³-hybridized carbons (Fsp3) is 0.410. The van der Waals surface area contributed by atoms with E-state index in [1.54, 1.807) is 0 Å². The lowest BCUT2D eigenvalue weighted by molar-refractivity contribution is 0.0585. The molecule has 4 aromatic rings. The monoisotopic (exact) mass is 591 g/mol. The highest BCUT2D eigenvalue weighted by Gasteiger charge is 2.22. The van der Waals surface area contributed by atoms with Gasteiger partial charge in [-0.3, -0.25) is 5.32 Å². The molecule has 0 spiro atoms. The van der Waals surface area contributed by atoms with Crippen molar-refractivity contribution < 1.29 is 9.53 Å². The van der Waals surface area contributed by atoms with Crippen LogP contribution in [0.3, 0.4) is 0 Å². The SMILES string of the molecule is CN(CCCCCCCCCN1CCC(OC(=O)Nc2ccccc2-c2ccccc2)CC1)Cc1cccc2ccccc12. The van der Waals surface area contributed by atoms with Crippen LogP contribution in [0.5, 0.6) is 0 Å². The number of carbonyl (C=O) groups excluding carboxylic acids is 1. The lowest BCUT2D eigenvalue weighted by Crippen LogP contribution is -2.38. The molecular formula is C39H49N3O2. The van der Waals surface area contributed by atoms with Gasteiger partial charge < -0.3 is 14.5 Å². The van der Waals surface area contributed by atoms with Crippen molar-refractivity contribution in [2.24, 2.45) is 0 Å². The summed E-state index contributed by atoms with van der Waals surface area (Å²) in [5, 5.41) is 5.69. The number of likely N-dealkylation sites (tertiary alicyclic amines) is 1. The van der Waals surface area contributed by atoms with Gasteiger partial charge in [0, 0.05) is 25.2 Å². The van der Waals surface area contributed by atoms with Gasteiger partial charge in [0.15, 0.2) is 0 Å². The molecule has 4 aromatic carbocycles. The van der Waals surface area contributed by atoms with Gasteiger partial charge in [-0.05, 0) is 73.8 Å². The lowest BCUT2D eigenvalue weighted by atomic mass is 10.0. The van der Waals surface area contributed by atoms with Crippen molar-refractivity contribution in [3.63, 3.8) is 0 Å². The van der Waals surface area contributed by atoms with Crippen LogP contribution in [0.1, 0.15) is 63.4 Å². The Morgan fingerprint density at radius 2 is 1.43 bits per heavy atom. The molecular weight excluding hydrogens is 542 g/mol. The van der Waals surface area contributed by atoms with Crippen LogP contribution in [0.4, 0.5) is 10.5 Å². The molecule has 5 nitrogen and oxygen atoms in total. The van der Waals surface area contributed by atoms with Crippen molar-refractivity contribution in [1.29, 1.82) is 0 Å². The maximum atomic E-state index is 12.7. The summed E-state index contributed by atoms with van der Waals surface area (Å²) in [4.78, 5) is 17.7. The normalized spacial score (nSPS) is 14.2. The Morgan fingerprint density at radius 3 is 2.25 bits per heavy atom. The van der Waals surface area contributed by atoms with E-state index in [0.29, 0.717) is 0 Å². The summed E-state index contributed by atoms with van der Waals surface area (Å²) in [6.07, 6.45) is 10.6. The summed E-state index contributed by atoms with van der Waals surface area (Å²) in [6.45, 7) is 5.34. The number of fused-ring (bicyclic) bond motifs is 1. The molecule has 232 valence electrons. The number of amides is 1. The number of anilines is 1. The van der Waals surface area contributed by atoms with Crippen molar-refractivity contribution >= 4 is 22.6 Å². The number of rotatable bonds is 15. The average Bonchev–Trinajstić information content (AvgIpc) is 3.05. The van der Waals surface area contributed by atoms with E-state index in [0.717, 1.165) is 62.4 Å². The van der Waals surface area contributed by atoms with Gasteiger partial charge in [0.25, 0.3) is 0 Å². The van der Waals surface area contributed by atoms with Crippen LogP contribution >= 0.6 is 0 Å². The first-order valence-corrected chi connectivity index (χ1v) is 16.7. The van der Waals surface area contributed by atoms with Crippen LogP contribution in [-0.2, 0) is 11.3 Å². The second-order valence-corrected chi connectivity index (χ2v) is 12.3. The average molecular weight is 592 g/mol. The molecule has 0 bridgehead atoms. The quantitative estimate of drug-likeness (QED) is 0.140. The molecule has 1 N–H and O–H groups in total. The Hall–Kier alpha value is -3.67. The highest BCUT2D eigenvalue weighted by molar-refractivity contribution is 5.91. The lowest BCUT2D eigenvalue weighted by Gasteiger charge is -2.31. The third-order valence-electron chi connectivity index (χ3n) is 8.89. The molecule has 0 radical (unpaired) electrons. The van der Waals surface area contributed by atoms with Crippen molar-refractivity contribution in [2.75, 3.05) is 38.5 Å². The Kier molecular flexibility index (Phi) is 12.3. The molecule has 1 amide bonds. The summed E-state index contributed by atoms with van der Waals surface area (Å²) in [5.41, 5.74) is 4.28. The summed E-state index contributed by atoms with van der Waals surface area (Å²) < 4.78 is 5.81. The fourth-order valence-electron chi connectivity index (χ4n) is 6.40. The summed E-state index contributed by atoms with van der Waals surface area (Å²) in [7, 11) is 2.25. The number of carbonyl (C=O) groups is 1. The second-order valence-electron chi connectivity index (χ2n) is 12.3. The van der Waals surface area contributed by atoms with Crippen molar-refractivity contribution in [1.82, 2.24) is 9.80 Å². The van der Waals surface area contributed by atoms with Gasteiger partial charge in [0.05, 0.1) is 5.69 Å². The number of benzene rings is 4. The van der Waals surface area contributed by atoms with Crippen molar-refractivity contribution in [2.45, 2.75) is 70.4 Å². The second kappa shape index (κ2) is 17.0. The van der Waals surface area contributed by atoms with Crippen molar-refractivity contribution in [3.05, 3.63) is 103 Å². The molecule has 1 saturated heterocycles. The Labute approximate surface area is 264 Å². The highest BCUT2D eigenvalue weighted by atomic mass is 16.6. The summed E-state index contributed by atoms with van der Waals surface area (Å²) >= 11 is 0. The first-order valence-electron chi connectivity index (χ1n) is 16.7. The molecule has 0 unspecified atom stereocenters. The van der Waals surface area contributed by atoms with Crippen LogP contribution < -0.4 is 5.32 Å². The van der Waals surface area contributed by atoms with E-state index in [1.165, 1.54) is 61.3 Å². The molecule has 1 heterocycles. The molecule has 5 rings (SSSR count). The third kappa shape index (κ3) is 9.67. The molecule has 5 heteroatoms. The standard InChI is InChI=1S/C39H49N3O2/c1-41(31-34-21-16-20-32-19-10-11-22-36(32)34)27-14-5-3-2-4-6-15-28-42-29-25-35(26-30-42)44-39(43)40-38-24-13-12-23-37(38)33-17-8-7-9-18-33/h7-13,16-24,35H,2-6,14-15,25-31H2,1H3,(H,40,43).